The van der Waals surface area contributed by atoms with Crippen molar-refractivity contribution in [2.24, 2.45) is 0 Å². The second kappa shape index (κ2) is 2.72. The SMILES string of the molecule is CCC=C1CCOO1. The minimum absolute atomic E-state index is 0.714. The fourth-order valence-electron chi connectivity index (χ4n) is 0.665. The highest BCUT2D eigenvalue weighted by molar-refractivity contribution is 4.92. The molecular weight excluding hydrogens is 104 g/mol. The Morgan fingerprint density at radius 2 is 2.62 bits per heavy atom. The quantitative estimate of drug-likeness (QED) is 0.482. The van der Waals surface area contributed by atoms with Crippen molar-refractivity contribution in [1.29, 1.82) is 0 Å². The number of allylic oxidation sites excluding steroid dienone is 1. The molecule has 1 saturated heterocycles. The molecule has 0 unspecified atom stereocenters. The van der Waals surface area contributed by atoms with Crippen molar-refractivity contribution in [2.75, 3.05) is 6.61 Å². The maximum atomic E-state index is 4.75. The van der Waals surface area contributed by atoms with Crippen molar-refractivity contribution in [3.05, 3.63) is 11.8 Å². The standard InChI is InChI=1S/C6H10O2/c1-2-3-6-4-5-7-8-6/h3H,2,4-5H2,1H3. The fraction of sp³-hybridized carbons (Fsp3) is 0.667. The molecule has 0 amide bonds. The van der Waals surface area contributed by atoms with E-state index in [1.54, 1.807) is 0 Å². The molecule has 0 bridgehead atoms. The first-order chi connectivity index (χ1) is 3.93. The summed E-state index contributed by atoms with van der Waals surface area (Å²) in [6, 6.07) is 0. The molecule has 2 nitrogen and oxygen atoms in total. The van der Waals surface area contributed by atoms with Gasteiger partial charge in [0.15, 0.2) is 0 Å². The van der Waals surface area contributed by atoms with E-state index < -0.39 is 0 Å². The van der Waals surface area contributed by atoms with Crippen molar-refractivity contribution in [1.82, 2.24) is 0 Å². The minimum atomic E-state index is 0.714. The molecule has 1 rings (SSSR count). The molecule has 0 radical (unpaired) electrons. The Morgan fingerprint density at radius 1 is 1.75 bits per heavy atom. The Balaban J connectivity index is 2.33. The van der Waals surface area contributed by atoms with Gasteiger partial charge in [0.2, 0.25) is 0 Å². The maximum absolute atomic E-state index is 4.75. The van der Waals surface area contributed by atoms with Crippen LogP contribution in [0.3, 0.4) is 0 Å². The zero-order valence-electron chi connectivity index (χ0n) is 5.02. The largest absolute Gasteiger partial charge is 0.342 e. The molecule has 0 aromatic rings. The van der Waals surface area contributed by atoms with Crippen LogP contribution in [0.1, 0.15) is 19.8 Å². The lowest BCUT2D eigenvalue weighted by atomic mass is 10.3. The highest BCUT2D eigenvalue weighted by Gasteiger charge is 2.06. The van der Waals surface area contributed by atoms with Crippen LogP contribution in [0.5, 0.6) is 0 Å². The zero-order chi connectivity index (χ0) is 5.82. The van der Waals surface area contributed by atoms with Gasteiger partial charge in [-0.2, -0.15) is 4.89 Å². The molecule has 8 heavy (non-hydrogen) atoms. The molecular formula is C6H10O2. The second-order valence-electron chi connectivity index (χ2n) is 1.73. The molecule has 0 aromatic heterocycles. The third-order valence-electron chi connectivity index (χ3n) is 1.03. The van der Waals surface area contributed by atoms with Gasteiger partial charge < -0.3 is 4.89 Å². The summed E-state index contributed by atoms with van der Waals surface area (Å²) in [7, 11) is 0. The molecule has 1 fully saturated rings. The van der Waals surface area contributed by atoms with E-state index in [0.717, 1.165) is 18.6 Å². The summed E-state index contributed by atoms with van der Waals surface area (Å²) < 4.78 is 0. The normalized spacial score (nSPS) is 23.9. The highest BCUT2D eigenvalue weighted by Crippen LogP contribution is 2.12. The van der Waals surface area contributed by atoms with Crippen LogP contribution < -0.4 is 0 Å². The second-order valence-corrected chi connectivity index (χ2v) is 1.73. The third-order valence-corrected chi connectivity index (χ3v) is 1.03. The average Bonchev–Trinajstić information content (AvgIpc) is 2.19. The predicted molar refractivity (Wildman–Crippen MR) is 30.0 cm³/mol. The Labute approximate surface area is 49.0 Å². The van der Waals surface area contributed by atoms with Crippen LogP contribution in [-0.4, -0.2) is 6.61 Å². The van der Waals surface area contributed by atoms with Crippen LogP contribution in [-0.2, 0) is 9.78 Å². The van der Waals surface area contributed by atoms with E-state index in [9.17, 15) is 0 Å². The fourth-order valence-corrected chi connectivity index (χ4v) is 0.665. The molecule has 0 aliphatic carbocycles. The Morgan fingerprint density at radius 3 is 3.12 bits per heavy atom. The van der Waals surface area contributed by atoms with Gasteiger partial charge in [0.25, 0.3) is 0 Å². The summed E-state index contributed by atoms with van der Waals surface area (Å²) in [5, 5.41) is 0. The van der Waals surface area contributed by atoms with Crippen LogP contribution in [0.25, 0.3) is 0 Å². The van der Waals surface area contributed by atoms with E-state index >= 15 is 0 Å². The Hall–Kier alpha value is -0.500. The first-order valence-corrected chi connectivity index (χ1v) is 2.92. The van der Waals surface area contributed by atoms with Gasteiger partial charge in [-0.3, -0.25) is 0 Å². The number of hydrogen-bond acceptors (Lipinski definition) is 2. The smallest absolute Gasteiger partial charge is 0.140 e. The van der Waals surface area contributed by atoms with Crippen molar-refractivity contribution >= 4 is 0 Å². The predicted octanol–water partition coefficient (Wildman–Crippen LogP) is 1.63. The minimum Gasteiger partial charge on any atom is -0.342 e. The van der Waals surface area contributed by atoms with Crippen molar-refractivity contribution < 1.29 is 9.78 Å². The molecule has 1 aliphatic heterocycles. The first-order valence-electron chi connectivity index (χ1n) is 2.92. The van der Waals surface area contributed by atoms with Gasteiger partial charge in [-0.15, -0.1) is 0 Å². The van der Waals surface area contributed by atoms with Crippen LogP contribution in [0.2, 0.25) is 0 Å². The van der Waals surface area contributed by atoms with E-state index in [4.69, 9.17) is 4.89 Å². The molecule has 0 N–H and O–H groups in total. The monoisotopic (exact) mass is 114 g/mol. The van der Waals surface area contributed by atoms with Gasteiger partial charge in [0.05, 0.1) is 0 Å². The first kappa shape index (κ1) is 5.63. The summed E-state index contributed by atoms with van der Waals surface area (Å²) in [4.78, 5) is 9.40. The van der Waals surface area contributed by atoms with Gasteiger partial charge in [-0.25, -0.2) is 0 Å². The topological polar surface area (TPSA) is 18.5 Å². The maximum Gasteiger partial charge on any atom is 0.140 e. The molecule has 0 saturated carbocycles. The van der Waals surface area contributed by atoms with E-state index in [2.05, 4.69) is 11.8 Å². The lowest BCUT2D eigenvalue weighted by Crippen LogP contribution is -1.74. The number of rotatable bonds is 1. The summed E-state index contributed by atoms with van der Waals surface area (Å²) in [5.41, 5.74) is 0. The third kappa shape index (κ3) is 1.23. The van der Waals surface area contributed by atoms with Gasteiger partial charge in [-0.1, -0.05) is 6.92 Å². The van der Waals surface area contributed by atoms with Crippen LogP contribution in [0.15, 0.2) is 11.8 Å². The van der Waals surface area contributed by atoms with E-state index in [0.29, 0.717) is 6.61 Å². The molecule has 46 valence electrons. The molecule has 0 spiro atoms. The lowest BCUT2D eigenvalue weighted by molar-refractivity contribution is -0.223. The van der Waals surface area contributed by atoms with Crippen LogP contribution >= 0.6 is 0 Å². The van der Waals surface area contributed by atoms with E-state index in [1.807, 2.05) is 6.08 Å². The Kier molecular flexibility index (Phi) is 1.92. The highest BCUT2D eigenvalue weighted by atomic mass is 17.2. The molecule has 2 heteroatoms. The van der Waals surface area contributed by atoms with Crippen molar-refractivity contribution in [3.8, 4) is 0 Å². The van der Waals surface area contributed by atoms with Gasteiger partial charge in [0.1, 0.15) is 12.4 Å². The summed E-state index contributed by atoms with van der Waals surface area (Å²) in [6.07, 6.45) is 4.00. The molecule has 1 aliphatic rings. The van der Waals surface area contributed by atoms with Crippen molar-refractivity contribution in [2.45, 2.75) is 19.8 Å². The summed E-state index contributed by atoms with van der Waals surface area (Å²) in [6.45, 7) is 2.79. The van der Waals surface area contributed by atoms with Gasteiger partial charge >= 0.3 is 0 Å². The summed E-state index contributed by atoms with van der Waals surface area (Å²) >= 11 is 0. The van der Waals surface area contributed by atoms with Crippen molar-refractivity contribution in [3.63, 3.8) is 0 Å². The summed E-state index contributed by atoms with van der Waals surface area (Å²) in [5.74, 6) is 0.979. The molecule has 0 atom stereocenters. The average molecular weight is 114 g/mol. The molecule has 0 aromatic carbocycles. The molecule has 1 heterocycles. The van der Waals surface area contributed by atoms with E-state index in [-0.39, 0.29) is 0 Å². The Bertz CT molecular complexity index is 88.7. The van der Waals surface area contributed by atoms with Crippen LogP contribution in [0, 0.1) is 0 Å². The zero-order valence-corrected chi connectivity index (χ0v) is 5.02. The lowest BCUT2D eigenvalue weighted by Gasteiger charge is -1.89. The number of hydrogen-bond donors (Lipinski definition) is 0. The van der Waals surface area contributed by atoms with E-state index in [1.165, 1.54) is 0 Å². The van der Waals surface area contributed by atoms with Gasteiger partial charge in [0, 0.05) is 6.42 Å². The van der Waals surface area contributed by atoms with Gasteiger partial charge in [-0.05, 0) is 12.5 Å². The van der Waals surface area contributed by atoms with Crippen LogP contribution in [0.4, 0.5) is 0 Å².